The molecule has 0 bridgehead atoms. The van der Waals surface area contributed by atoms with E-state index in [-0.39, 0.29) is 18.2 Å². The number of benzene rings is 1. The van der Waals surface area contributed by atoms with E-state index in [9.17, 15) is 24.3 Å². The molecule has 12 heteroatoms. The molecule has 1 aromatic heterocycles. The summed E-state index contributed by atoms with van der Waals surface area (Å²) in [6.45, 7) is 4.02. The smallest absolute Gasteiger partial charge is 0.453 e. The first-order valence-corrected chi connectivity index (χ1v) is 12.7. The first-order chi connectivity index (χ1) is 18.0. The van der Waals surface area contributed by atoms with Gasteiger partial charge in [-0.3, -0.25) is 19.2 Å². The van der Waals surface area contributed by atoms with Crippen LogP contribution in [0.25, 0.3) is 11.3 Å². The number of aliphatic hydroxyl groups excluding tert-OH is 1. The van der Waals surface area contributed by atoms with Crippen molar-refractivity contribution < 1.29 is 33.6 Å². The molecular weight excluding hydrogens is 491 g/mol. The molecule has 0 saturated carbocycles. The van der Waals surface area contributed by atoms with E-state index in [4.69, 9.17) is 9.31 Å². The molecule has 2 aliphatic rings. The number of nitrogens with one attached hydrogen (secondary N) is 2. The summed E-state index contributed by atoms with van der Waals surface area (Å²) in [5.41, 5.74) is 1.47. The van der Waals surface area contributed by atoms with Crippen molar-refractivity contribution in [3.8, 4) is 11.3 Å². The van der Waals surface area contributed by atoms with Crippen LogP contribution in [0.5, 0.6) is 0 Å². The van der Waals surface area contributed by atoms with Crippen LogP contribution in [-0.4, -0.2) is 76.0 Å². The Morgan fingerprint density at radius 1 is 1.08 bits per heavy atom. The highest BCUT2D eigenvalue weighted by atomic mass is 16.7. The molecule has 38 heavy (non-hydrogen) atoms. The van der Waals surface area contributed by atoms with Crippen molar-refractivity contribution in [2.75, 3.05) is 6.54 Å². The van der Waals surface area contributed by atoms with Crippen LogP contribution >= 0.6 is 0 Å². The molecule has 5 atom stereocenters. The molecule has 3 heterocycles. The predicted octanol–water partition coefficient (Wildman–Crippen LogP) is 1.04. The Kier molecular flexibility index (Phi) is 7.84. The van der Waals surface area contributed by atoms with Gasteiger partial charge in [-0.25, -0.2) is 4.98 Å². The normalized spacial score (nSPS) is 23.3. The number of aromatic nitrogens is 1. The number of hydrogen-bond donors (Lipinski definition) is 3. The number of rotatable bonds is 9. The van der Waals surface area contributed by atoms with Gasteiger partial charge in [0.1, 0.15) is 11.7 Å². The standard InChI is InChI=1S/C26H32BN4O7/c1-15(2)13-21(27-31(14-22(33)37-27)16(3)26(36)38-27)29-25(35)23(17(4)32)30-24(34)20-12-8-11-19(28-20)18-9-6-5-7-10-18/h5-12,15-17,21,23,32H,13-14H2,1-4H3,(H,29,35)(H,30,34)/q-1/t16-,17+,21-,23-,27?/m0/s1. The maximum atomic E-state index is 13.4. The second-order valence-electron chi connectivity index (χ2n) is 10.2. The number of carbonyl (C=O) groups is 4. The van der Waals surface area contributed by atoms with E-state index < -0.39 is 54.6 Å². The van der Waals surface area contributed by atoms with E-state index >= 15 is 0 Å². The van der Waals surface area contributed by atoms with E-state index in [0.717, 1.165) is 5.56 Å². The van der Waals surface area contributed by atoms with E-state index in [0.29, 0.717) is 12.1 Å². The van der Waals surface area contributed by atoms with Crippen molar-refractivity contribution in [3.63, 3.8) is 0 Å². The molecule has 0 spiro atoms. The quantitative estimate of drug-likeness (QED) is 0.410. The van der Waals surface area contributed by atoms with Crippen molar-refractivity contribution in [2.45, 2.75) is 58.2 Å². The van der Waals surface area contributed by atoms with E-state index in [1.165, 1.54) is 17.8 Å². The van der Waals surface area contributed by atoms with Gasteiger partial charge in [0, 0.05) is 11.5 Å². The van der Waals surface area contributed by atoms with Crippen LogP contribution in [0.1, 0.15) is 44.6 Å². The minimum Gasteiger partial charge on any atom is -0.641 e. The maximum absolute atomic E-state index is 13.4. The summed E-state index contributed by atoms with van der Waals surface area (Å²) in [6, 6.07) is 12.2. The Labute approximate surface area is 220 Å². The molecule has 2 saturated heterocycles. The van der Waals surface area contributed by atoms with Gasteiger partial charge in [-0.15, -0.1) is 0 Å². The van der Waals surface area contributed by atoms with Gasteiger partial charge in [0.25, 0.3) is 17.8 Å². The number of amides is 2. The molecule has 4 rings (SSSR count). The summed E-state index contributed by atoms with van der Waals surface area (Å²) in [7, 11) is 0. The molecule has 202 valence electrons. The van der Waals surface area contributed by atoms with Crippen molar-refractivity contribution >= 4 is 30.4 Å². The van der Waals surface area contributed by atoms with E-state index in [1.807, 2.05) is 44.2 Å². The van der Waals surface area contributed by atoms with Crippen molar-refractivity contribution in [1.29, 1.82) is 0 Å². The Balaban J connectivity index is 1.55. The minimum atomic E-state index is -2.64. The highest BCUT2D eigenvalue weighted by Gasteiger charge is 2.60. The number of pyridine rings is 1. The number of fused-ring (bicyclic) bond motifs is 1. The van der Waals surface area contributed by atoms with Gasteiger partial charge < -0.3 is 29.9 Å². The summed E-state index contributed by atoms with van der Waals surface area (Å²) in [5, 5.41) is 15.8. The lowest BCUT2D eigenvalue weighted by atomic mass is 9.59. The van der Waals surface area contributed by atoms with Gasteiger partial charge in [0.15, 0.2) is 0 Å². The van der Waals surface area contributed by atoms with Gasteiger partial charge in [-0.1, -0.05) is 56.7 Å². The predicted molar refractivity (Wildman–Crippen MR) is 138 cm³/mol. The van der Waals surface area contributed by atoms with Crippen LogP contribution in [-0.2, 0) is 23.7 Å². The first-order valence-electron chi connectivity index (χ1n) is 12.7. The Hall–Kier alpha value is -3.77. The Morgan fingerprint density at radius 2 is 1.79 bits per heavy atom. The zero-order valence-electron chi connectivity index (χ0n) is 21.8. The van der Waals surface area contributed by atoms with Crippen LogP contribution < -0.4 is 10.6 Å². The van der Waals surface area contributed by atoms with Gasteiger partial charge >= 0.3 is 6.69 Å². The molecule has 0 aliphatic carbocycles. The van der Waals surface area contributed by atoms with Gasteiger partial charge in [-0.05, 0) is 31.9 Å². The Bertz CT molecular complexity index is 1230. The summed E-state index contributed by atoms with van der Waals surface area (Å²) < 4.78 is 11.2. The van der Waals surface area contributed by atoms with Crippen molar-refractivity contribution in [1.82, 2.24) is 20.4 Å². The maximum Gasteiger partial charge on any atom is 0.453 e. The van der Waals surface area contributed by atoms with Crippen LogP contribution in [0.15, 0.2) is 48.5 Å². The third-order valence-corrected chi connectivity index (χ3v) is 6.86. The molecule has 11 nitrogen and oxygen atoms in total. The van der Waals surface area contributed by atoms with Crippen LogP contribution in [0.4, 0.5) is 0 Å². The fourth-order valence-corrected chi connectivity index (χ4v) is 4.97. The van der Waals surface area contributed by atoms with Gasteiger partial charge in [-0.2, -0.15) is 0 Å². The molecule has 2 amide bonds. The molecule has 2 aromatic rings. The molecule has 1 aromatic carbocycles. The number of nitrogens with zero attached hydrogens (tertiary/aromatic N) is 2. The number of aliphatic hydroxyl groups is 1. The topological polar surface area (TPSA) is 147 Å². The summed E-state index contributed by atoms with van der Waals surface area (Å²) in [5.74, 6) is -3.34. The molecule has 3 N–H and O–H groups in total. The average Bonchev–Trinajstić information content (AvgIpc) is 3.33. The second-order valence-corrected chi connectivity index (χ2v) is 10.2. The fourth-order valence-electron chi connectivity index (χ4n) is 4.97. The minimum absolute atomic E-state index is 0.0248. The van der Waals surface area contributed by atoms with Crippen LogP contribution in [0, 0.1) is 5.92 Å². The zero-order valence-corrected chi connectivity index (χ0v) is 21.8. The highest BCUT2D eigenvalue weighted by molar-refractivity contribution is 6.73. The monoisotopic (exact) mass is 523 g/mol. The SMILES string of the molecule is CC(C)C[C@H](NC(=O)[C@@H](NC(=O)c1cccc(-c2ccccc2)n1)[C@@H](C)O)[B-]12OC(=O)CN1[C@@H](C)C(=O)O2. The van der Waals surface area contributed by atoms with Crippen molar-refractivity contribution in [3.05, 3.63) is 54.2 Å². The van der Waals surface area contributed by atoms with E-state index in [1.54, 1.807) is 19.1 Å². The lowest BCUT2D eigenvalue weighted by molar-refractivity contribution is -0.140. The Morgan fingerprint density at radius 3 is 2.45 bits per heavy atom. The molecule has 1 unspecified atom stereocenters. The largest absolute Gasteiger partial charge is 0.641 e. The van der Waals surface area contributed by atoms with Crippen molar-refractivity contribution in [2.24, 2.45) is 5.92 Å². The summed E-state index contributed by atoms with van der Waals surface area (Å²) in [6.07, 6.45) is -0.954. The van der Waals surface area contributed by atoms with Crippen LogP contribution in [0.3, 0.4) is 0 Å². The second kappa shape index (κ2) is 10.9. The number of hydrogen-bond acceptors (Lipinski definition) is 9. The van der Waals surface area contributed by atoms with Crippen LogP contribution in [0.2, 0.25) is 0 Å². The lowest BCUT2D eigenvalue weighted by Crippen LogP contribution is -2.67. The fraction of sp³-hybridized carbons (Fsp3) is 0.423. The average molecular weight is 523 g/mol. The highest BCUT2D eigenvalue weighted by Crippen LogP contribution is 2.35. The zero-order chi connectivity index (χ0) is 27.6. The third-order valence-electron chi connectivity index (χ3n) is 6.86. The van der Waals surface area contributed by atoms with Gasteiger partial charge in [0.2, 0.25) is 5.91 Å². The lowest BCUT2D eigenvalue weighted by Gasteiger charge is -2.43. The van der Waals surface area contributed by atoms with Gasteiger partial charge in [0.05, 0.1) is 24.4 Å². The summed E-state index contributed by atoms with van der Waals surface area (Å²) >= 11 is 0. The number of carbonyl (C=O) groups excluding carboxylic acids is 4. The summed E-state index contributed by atoms with van der Waals surface area (Å²) in [4.78, 5) is 57.0. The molecule has 2 fully saturated rings. The first kappa shape index (κ1) is 27.3. The molecule has 2 aliphatic heterocycles. The third kappa shape index (κ3) is 5.41. The van der Waals surface area contributed by atoms with E-state index in [2.05, 4.69) is 15.6 Å². The molecular formula is C26H32BN4O7-. The molecule has 0 radical (unpaired) electrons.